The Labute approximate surface area is 107 Å². The fourth-order valence-corrected chi connectivity index (χ4v) is 2.94. The third-order valence-corrected chi connectivity index (χ3v) is 3.85. The second-order valence-electron chi connectivity index (χ2n) is 4.24. The summed E-state index contributed by atoms with van der Waals surface area (Å²) in [5, 5.41) is 3.32. The molecule has 4 nitrogen and oxygen atoms in total. The zero-order valence-electron chi connectivity index (χ0n) is 9.19. The summed E-state index contributed by atoms with van der Waals surface area (Å²) in [6.07, 6.45) is 3.86. The molecule has 1 aliphatic rings. The molecule has 3 heterocycles. The van der Waals surface area contributed by atoms with Gasteiger partial charge in [0.2, 0.25) is 0 Å². The lowest BCUT2D eigenvalue weighted by atomic mass is 10.1. The quantitative estimate of drug-likeness (QED) is 0.862. The second-order valence-corrected chi connectivity index (χ2v) is 5.09. The number of hydrogen-bond acceptors (Lipinski definition) is 3. The lowest BCUT2D eigenvalue weighted by Crippen LogP contribution is -2.10. The summed E-state index contributed by atoms with van der Waals surface area (Å²) in [7, 11) is 0. The minimum absolute atomic E-state index is 0.394. The van der Waals surface area contributed by atoms with Gasteiger partial charge < -0.3 is 9.72 Å². The summed E-state index contributed by atoms with van der Waals surface area (Å²) in [5.41, 5.74) is 1.38. The first-order chi connectivity index (χ1) is 8.31. The van der Waals surface area contributed by atoms with Crippen molar-refractivity contribution in [3.8, 4) is 0 Å². The predicted molar refractivity (Wildman–Crippen MR) is 68.5 cm³/mol. The van der Waals surface area contributed by atoms with Crippen molar-refractivity contribution in [2.24, 2.45) is 0 Å². The molecule has 0 amide bonds. The van der Waals surface area contributed by atoms with Crippen molar-refractivity contribution in [1.82, 2.24) is 14.7 Å². The molecule has 1 aliphatic heterocycles. The second kappa shape index (κ2) is 4.23. The van der Waals surface area contributed by atoms with E-state index in [-0.39, 0.29) is 0 Å². The molecular formula is C12H12BrN3O. The lowest BCUT2D eigenvalue weighted by molar-refractivity contribution is 0.112. The molecule has 2 aromatic heterocycles. The van der Waals surface area contributed by atoms with E-state index in [1.807, 2.05) is 22.7 Å². The molecule has 1 atom stereocenters. The van der Waals surface area contributed by atoms with Crippen LogP contribution in [0.4, 0.5) is 0 Å². The normalized spacial score (nSPS) is 19.9. The van der Waals surface area contributed by atoms with Gasteiger partial charge in [0, 0.05) is 23.1 Å². The number of rotatable bonds is 2. The highest BCUT2D eigenvalue weighted by Gasteiger charge is 2.23. The monoisotopic (exact) mass is 293 g/mol. The van der Waals surface area contributed by atoms with E-state index >= 15 is 0 Å². The number of aromatic nitrogens is 2. The first-order valence-electron chi connectivity index (χ1n) is 5.63. The first kappa shape index (κ1) is 10.9. The SMILES string of the molecule is O=Cc1nc(C2CCNC2)n2cccc(Br)c12. The van der Waals surface area contributed by atoms with Crippen molar-refractivity contribution < 1.29 is 4.79 Å². The van der Waals surface area contributed by atoms with E-state index in [1.165, 1.54) is 0 Å². The van der Waals surface area contributed by atoms with Crippen LogP contribution in [0.15, 0.2) is 22.8 Å². The third kappa shape index (κ3) is 1.70. The molecule has 1 fully saturated rings. The molecule has 1 N–H and O–H groups in total. The summed E-state index contributed by atoms with van der Waals surface area (Å²) in [6, 6.07) is 3.89. The summed E-state index contributed by atoms with van der Waals surface area (Å²) in [4.78, 5) is 15.6. The van der Waals surface area contributed by atoms with Crippen molar-refractivity contribution in [1.29, 1.82) is 0 Å². The minimum atomic E-state index is 0.394. The summed E-state index contributed by atoms with van der Waals surface area (Å²) >= 11 is 3.48. The fraction of sp³-hybridized carbons (Fsp3) is 0.333. The third-order valence-electron chi connectivity index (χ3n) is 3.21. The van der Waals surface area contributed by atoms with Crippen molar-refractivity contribution >= 4 is 27.7 Å². The van der Waals surface area contributed by atoms with Gasteiger partial charge in [-0.25, -0.2) is 4.98 Å². The van der Waals surface area contributed by atoms with Gasteiger partial charge in [-0.15, -0.1) is 0 Å². The number of halogens is 1. The zero-order chi connectivity index (χ0) is 11.8. The predicted octanol–water partition coefficient (Wildman–Crippen LogP) is 1.99. The fourth-order valence-electron chi connectivity index (χ4n) is 2.39. The van der Waals surface area contributed by atoms with E-state index in [0.29, 0.717) is 11.6 Å². The van der Waals surface area contributed by atoms with E-state index < -0.39 is 0 Å². The number of fused-ring (bicyclic) bond motifs is 1. The van der Waals surface area contributed by atoms with Crippen LogP contribution in [-0.2, 0) is 0 Å². The number of imidazole rings is 1. The zero-order valence-corrected chi connectivity index (χ0v) is 10.8. The maximum absolute atomic E-state index is 11.1. The van der Waals surface area contributed by atoms with E-state index in [0.717, 1.165) is 41.6 Å². The topological polar surface area (TPSA) is 46.4 Å². The highest BCUT2D eigenvalue weighted by molar-refractivity contribution is 9.10. The molecule has 0 bridgehead atoms. The Kier molecular flexibility index (Phi) is 2.72. The van der Waals surface area contributed by atoms with Gasteiger partial charge in [-0.3, -0.25) is 4.79 Å². The Hall–Kier alpha value is -1.20. The molecule has 88 valence electrons. The number of nitrogens with zero attached hydrogens (tertiary/aromatic N) is 2. The maximum atomic E-state index is 11.1. The van der Waals surface area contributed by atoms with E-state index in [9.17, 15) is 4.79 Å². The summed E-state index contributed by atoms with van der Waals surface area (Å²) < 4.78 is 2.93. The molecule has 17 heavy (non-hydrogen) atoms. The Balaban J connectivity index is 2.25. The highest BCUT2D eigenvalue weighted by atomic mass is 79.9. The van der Waals surface area contributed by atoms with Gasteiger partial charge in [-0.05, 0) is 41.0 Å². The van der Waals surface area contributed by atoms with Crippen LogP contribution in [0.3, 0.4) is 0 Å². The average molecular weight is 294 g/mol. The first-order valence-corrected chi connectivity index (χ1v) is 6.43. The van der Waals surface area contributed by atoms with Gasteiger partial charge in [0.05, 0.1) is 5.52 Å². The lowest BCUT2D eigenvalue weighted by Gasteiger charge is -2.07. The largest absolute Gasteiger partial charge is 0.316 e. The van der Waals surface area contributed by atoms with Crippen LogP contribution in [0.1, 0.15) is 28.7 Å². The van der Waals surface area contributed by atoms with Crippen molar-refractivity contribution in [3.63, 3.8) is 0 Å². The van der Waals surface area contributed by atoms with E-state index in [1.54, 1.807) is 0 Å². The van der Waals surface area contributed by atoms with Crippen LogP contribution >= 0.6 is 15.9 Å². The van der Waals surface area contributed by atoms with Crippen LogP contribution in [0.5, 0.6) is 0 Å². The van der Waals surface area contributed by atoms with Crippen LogP contribution in [-0.4, -0.2) is 28.8 Å². The van der Waals surface area contributed by atoms with Gasteiger partial charge in [-0.1, -0.05) is 0 Å². The average Bonchev–Trinajstić information content (AvgIpc) is 2.95. The Morgan fingerprint density at radius 3 is 3.18 bits per heavy atom. The Morgan fingerprint density at radius 1 is 1.59 bits per heavy atom. The standard InChI is InChI=1S/C12H12BrN3O/c13-9-2-1-5-16-11(9)10(7-17)15-12(16)8-3-4-14-6-8/h1-2,5,7-8,14H,3-4,6H2. The molecule has 3 rings (SSSR count). The summed E-state index contributed by atoms with van der Waals surface area (Å²) in [6.45, 7) is 1.95. The van der Waals surface area contributed by atoms with Crippen molar-refractivity contribution in [2.75, 3.05) is 13.1 Å². The Morgan fingerprint density at radius 2 is 2.47 bits per heavy atom. The van der Waals surface area contributed by atoms with Crippen LogP contribution in [0.25, 0.3) is 5.52 Å². The van der Waals surface area contributed by atoms with Crippen molar-refractivity contribution in [3.05, 3.63) is 34.3 Å². The van der Waals surface area contributed by atoms with Gasteiger partial charge in [0.15, 0.2) is 6.29 Å². The molecule has 0 aliphatic carbocycles. The molecule has 0 saturated carbocycles. The van der Waals surface area contributed by atoms with Crippen LogP contribution in [0, 0.1) is 0 Å². The highest BCUT2D eigenvalue weighted by Crippen LogP contribution is 2.27. The number of carbonyl (C=O) groups excluding carboxylic acids is 1. The van der Waals surface area contributed by atoms with Gasteiger partial charge >= 0.3 is 0 Å². The molecule has 0 radical (unpaired) electrons. The van der Waals surface area contributed by atoms with E-state index in [2.05, 4.69) is 26.2 Å². The molecule has 1 saturated heterocycles. The number of hydrogen-bond donors (Lipinski definition) is 1. The number of nitrogens with one attached hydrogen (secondary N) is 1. The minimum Gasteiger partial charge on any atom is -0.316 e. The van der Waals surface area contributed by atoms with Gasteiger partial charge in [-0.2, -0.15) is 0 Å². The molecule has 5 heteroatoms. The number of aldehydes is 1. The van der Waals surface area contributed by atoms with Crippen LogP contribution < -0.4 is 5.32 Å². The molecule has 1 unspecified atom stereocenters. The van der Waals surface area contributed by atoms with Crippen molar-refractivity contribution in [2.45, 2.75) is 12.3 Å². The Bertz CT molecular complexity index is 572. The summed E-state index contributed by atoms with van der Waals surface area (Å²) in [5.74, 6) is 1.37. The molecule has 2 aromatic rings. The van der Waals surface area contributed by atoms with E-state index in [4.69, 9.17) is 0 Å². The van der Waals surface area contributed by atoms with Gasteiger partial charge in [0.1, 0.15) is 11.5 Å². The van der Waals surface area contributed by atoms with Gasteiger partial charge in [0.25, 0.3) is 0 Å². The molecule has 0 aromatic carbocycles. The smallest absolute Gasteiger partial charge is 0.170 e. The molecule has 0 spiro atoms. The van der Waals surface area contributed by atoms with Crippen LogP contribution in [0.2, 0.25) is 0 Å². The number of pyridine rings is 1. The number of carbonyl (C=O) groups is 1. The molecular weight excluding hydrogens is 282 g/mol. The maximum Gasteiger partial charge on any atom is 0.170 e.